The van der Waals surface area contributed by atoms with E-state index in [1.54, 1.807) is 25.3 Å². The molecule has 6 heteroatoms. The fraction of sp³-hybridized carbons (Fsp3) is 0.462. The average molecular weight is 265 g/mol. The van der Waals surface area contributed by atoms with Crippen LogP contribution in [0.5, 0.6) is 0 Å². The molecule has 0 aliphatic heterocycles. The van der Waals surface area contributed by atoms with Crippen molar-refractivity contribution in [3.8, 4) is 0 Å². The third-order valence-corrected chi connectivity index (χ3v) is 1.91. The van der Waals surface area contributed by atoms with Gasteiger partial charge in [-0.25, -0.2) is 4.79 Å². The largest absolute Gasteiger partial charge is 0.351 e. The van der Waals surface area contributed by atoms with Gasteiger partial charge in [-0.3, -0.25) is 9.82 Å². The Morgan fingerprint density at radius 3 is 2.74 bits per heavy atom. The second-order valence-electron chi connectivity index (χ2n) is 4.89. The van der Waals surface area contributed by atoms with E-state index < -0.39 is 5.97 Å². The zero-order valence-corrected chi connectivity index (χ0v) is 11.6. The standard InChI is InChI=1S/C13H19N3O3/c1-10(11-7-5-6-8-14-11)16-18-12(17)9-15-19-13(2,3)4/h5-8,15H,9H2,1-4H3/b16-10+. The summed E-state index contributed by atoms with van der Waals surface area (Å²) in [7, 11) is 0. The fourth-order valence-electron chi connectivity index (χ4n) is 1.09. The predicted octanol–water partition coefficient (Wildman–Crippen LogP) is 1.67. The Bertz CT molecular complexity index is 438. The Balaban J connectivity index is 2.37. The lowest BCUT2D eigenvalue weighted by Crippen LogP contribution is -2.33. The summed E-state index contributed by atoms with van der Waals surface area (Å²) in [5.74, 6) is -0.528. The Hall–Kier alpha value is -1.79. The van der Waals surface area contributed by atoms with Crippen molar-refractivity contribution in [2.75, 3.05) is 6.54 Å². The van der Waals surface area contributed by atoms with E-state index in [1.807, 2.05) is 26.8 Å². The topological polar surface area (TPSA) is 72.8 Å². The third-order valence-electron chi connectivity index (χ3n) is 1.91. The molecule has 6 nitrogen and oxygen atoms in total. The highest BCUT2D eigenvalue weighted by molar-refractivity contribution is 5.96. The van der Waals surface area contributed by atoms with Crippen LogP contribution in [0.2, 0.25) is 0 Å². The number of nitrogens with one attached hydrogen (secondary N) is 1. The molecule has 104 valence electrons. The van der Waals surface area contributed by atoms with Gasteiger partial charge in [-0.2, -0.15) is 5.48 Å². The highest BCUT2D eigenvalue weighted by atomic mass is 16.7. The molecule has 0 fully saturated rings. The van der Waals surface area contributed by atoms with Gasteiger partial charge in [0.15, 0.2) is 0 Å². The van der Waals surface area contributed by atoms with Gasteiger partial charge >= 0.3 is 5.97 Å². The summed E-state index contributed by atoms with van der Waals surface area (Å²) in [6.45, 7) is 7.25. The van der Waals surface area contributed by atoms with Crippen LogP contribution in [0.3, 0.4) is 0 Å². The maximum atomic E-state index is 11.4. The Morgan fingerprint density at radius 1 is 1.42 bits per heavy atom. The molecule has 0 amide bonds. The average Bonchev–Trinajstić information content (AvgIpc) is 2.35. The van der Waals surface area contributed by atoms with Crippen molar-refractivity contribution in [1.29, 1.82) is 0 Å². The first-order chi connectivity index (χ1) is 8.88. The first kappa shape index (κ1) is 15.3. The number of oxime groups is 1. The molecule has 0 spiro atoms. The molecule has 0 unspecified atom stereocenters. The van der Waals surface area contributed by atoms with Crippen LogP contribution in [-0.2, 0) is 14.5 Å². The van der Waals surface area contributed by atoms with Crippen molar-refractivity contribution < 1.29 is 14.5 Å². The Labute approximate surface area is 112 Å². The van der Waals surface area contributed by atoms with Crippen LogP contribution in [0.4, 0.5) is 0 Å². The zero-order valence-electron chi connectivity index (χ0n) is 11.6. The van der Waals surface area contributed by atoms with Crippen LogP contribution in [0.15, 0.2) is 29.6 Å². The molecule has 1 aromatic heterocycles. The van der Waals surface area contributed by atoms with Crippen LogP contribution in [0.25, 0.3) is 0 Å². The second kappa shape index (κ2) is 6.96. The van der Waals surface area contributed by atoms with Crippen LogP contribution >= 0.6 is 0 Å². The quantitative estimate of drug-likeness (QED) is 0.498. The first-order valence-corrected chi connectivity index (χ1v) is 5.95. The highest BCUT2D eigenvalue weighted by Gasteiger charge is 2.11. The van der Waals surface area contributed by atoms with E-state index in [-0.39, 0.29) is 12.1 Å². The molecule has 1 rings (SSSR count). The lowest BCUT2D eigenvalue weighted by atomic mass is 10.2. The molecular formula is C13H19N3O3. The lowest BCUT2D eigenvalue weighted by Gasteiger charge is -2.18. The zero-order chi connectivity index (χ0) is 14.3. The molecule has 0 atom stereocenters. The highest BCUT2D eigenvalue weighted by Crippen LogP contribution is 2.03. The van der Waals surface area contributed by atoms with E-state index in [0.29, 0.717) is 11.4 Å². The molecule has 1 aromatic rings. The smallest absolute Gasteiger partial charge is 0.316 e. The first-order valence-electron chi connectivity index (χ1n) is 5.95. The molecule has 1 N–H and O–H groups in total. The van der Waals surface area contributed by atoms with Gasteiger partial charge in [0.1, 0.15) is 12.3 Å². The summed E-state index contributed by atoms with van der Waals surface area (Å²) in [5, 5.41) is 3.72. The fourth-order valence-corrected chi connectivity index (χ4v) is 1.09. The molecule has 1 heterocycles. The minimum atomic E-state index is -0.528. The molecule has 0 bridgehead atoms. The van der Waals surface area contributed by atoms with E-state index in [1.165, 1.54) is 0 Å². The maximum absolute atomic E-state index is 11.4. The molecule has 0 radical (unpaired) electrons. The van der Waals surface area contributed by atoms with E-state index >= 15 is 0 Å². The maximum Gasteiger partial charge on any atom is 0.351 e. The number of nitrogens with zero attached hydrogens (tertiary/aromatic N) is 2. The van der Waals surface area contributed by atoms with Crippen LogP contribution in [0, 0.1) is 0 Å². The van der Waals surface area contributed by atoms with Gasteiger partial charge in [0.25, 0.3) is 0 Å². The number of hydroxylamine groups is 1. The van der Waals surface area contributed by atoms with Gasteiger partial charge in [-0.15, -0.1) is 0 Å². The number of pyridine rings is 1. The molecule has 0 saturated heterocycles. The molecule has 0 saturated carbocycles. The molecule has 0 aliphatic rings. The van der Waals surface area contributed by atoms with Gasteiger partial charge in [0, 0.05) is 6.20 Å². The third kappa shape index (κ3) is 6.64. The lowest BCUT2D eigenvalue weighted by molar-refractivity contribution is -0.148. The summed E-state index contributed by atoms with van der Waals surface area (Å²) >= 11 is 0. The number of carbonyl (C=O) groups is 1. The number of carbonyl (C=O) groups excluding carboxylic acids is 1. The van der Waals surface area contributed by atoms with Crippen molar-refractivity contribution >= 4 is 11.7 Å². The Morgan fingerprint density at radius 2 is 2.16 bits per heavy atom. The van der Waals surface area contributed by atoms with Crippen LogP contribution in [0.1, 0.15) is 33.4 Å². The molecule has 19 heavy (non-hydrogen) atoms. The van der Waals surface area contributed by atoms with E-state index in [9.17, 15) is 4.79 Å². The van der Waals surface area contributed by atoms with Crippen LogP contribution in [-0.4, -0.2) is 28.8 Å². The van der Waals surface area contributed by atoms with Gasteiger partial charge in [0.2, 0.25) is 0 Å². The Kier molecular flexibility index (Phi) is 5.59. The summed E-state index contributed by atoms with van der Waals surface area (Å²) in [6, 6.07) is 5.42. The van der Waals surface area contributed by atoms with Crippen LogP contribution < -0.4 is 5.48 Å². The summed E-state index contributed by atoms with van der Waals surface area (Å²) < 4.78 is 0. The minimum absolute atomic E-state index is 0.0731. The monoisotopic (exact) mass is 265 g/mol. The van der Waals surface area contributed by atoms with Gasteiger partial charge in [0.05, 0.1) is 11.3 Å². The molecule has 0 aromatic carbocycles. The normalized spacial score (nSPS) is 12.3. The number of rotatable bonds is 5. The molecule has 0 aliphatic carbocycles. The predicted molar refractivity (Wildman–Crippen MR) is 71.4 cm³/mol. The van der Waals surface area contributed by atoms with Crippen molar-refractivity contribution in [3.05, 3.63) is 30.1 Å². The number of aromatic nitrogens is 1. The van der Waals surface area contributed by atoms with E-state index in [4.69, 9.17) is 9.68 Å². The van der Waals surface area contributed by atoms with Crippen molar-refractivity contribution in [3.63, 3.8) is 0 Å². The second-order valence-corrected chi connectivity index (χ2v) is 4.89. The SMILES string of the molecule is C/C(=N\OC(=O)CNOC(C)(C)C)c1ccccn1. The van der Waals surface area contributed by atoms with Crippen molar-refractivity contribution in [2.24, 2.45) is 5.16 Å². The van der Waals surface area contributed by atoms with Crippen molar-refractivity contribution in [2.45, 2.75) is 33.3 Å². The summed E-state index contributed by atoms with van der Waals surface area (Å²) in [6.07, 6.45) is 1.65. The molecular weight excluding hydrogens is 246 g/mol. The van der Waals surface area contributed by atoms with Gasteiger partial charge in [-0.1, -0.05) is 11.2 Å². The number of hydrogen-bond acceptors (Lipinski definition) is 6. The van der Waals surface area contributed by atoms with E-state index in [0.717, 1.165) is 0 Å². The minimum Gasteiger partial charge on any atom is -0.316 e. The summed E-state index contributed by atoms with van der Waals surface area (Å²) in [4.78, 5) is 25.4. The van der Waals surface area contributed by atoms with E-state index in [2.05, 4.69) is 15.6 Å². The summed E-state index contributed by atoms with van der Waals surface area (Å²) in [5.41, 5.74) is 3.36. The van der Waals surface area contributed by atoms with Gasteiger partial charge < -0.3 is 4.84 Å². The van der Waals surface area contributed by atoms with Gasteiger partial charge in [-0.05, 0) is 39.8 Å². The van der Waals surface area contributed by atoms with Crippen molar-refractivity contribution in [1.82, 2.24) is 10.5 Å². The number of hydrogen-bond donors (Lipinski definition) is 1.